The summed E-state index contributed by atoms with van der Waals surface area (Å²) in [7, 11) is 0. The van der Waals surface area contributed by atoms with Crippen LogP contribution in [0.15, 0.2) is 89.5 Å². The molecule has 0 saturated carbocycles. The zero-order valence-corrected chi connectivity index (χ0v) is 20.9. The van der Waals surface area contributed by atoms with E-state index in [4.69, 9.17) is 4.52 Å². The number of fused-ring (bicyclic) bond motifs is 2. The minimum Gasteiger partial charge on any atom is -0.545 e. The lowest BCUT2D eigenvalue weighted by Crippen LogP contribution is -2.46. The Hall–Kier alpha value is -5.11. The number of aromatic carboxylic acids is 1. The second-order valence-corrected chi connectivity index (χ2v) is 9.73. The van der Waals surface area contributed by atoms with Gasteiger partial charge in [-0.15, -0.1) is 0 Å². The van der Waals surface area contributed by atoms with Gasteiger partial charge in [0.05, 0.1) is 28.3 Å². The molecule has 0 atom stereocenters. The first-order valence-corrected chi connectivity index (χ1v) is 12.8. The van der Waals surface area contributed by atoms with E-state index >= 15 is 0 Å². The molecule has 0 bridgehead atoms. The Morgan fingerprint density at radius 2 is 1.56 bits per heavy atom. The highest BCUT2D eigenvalue weighted by atomic mass is 16.5. The number of nitrogens with zero attached hydrogens (tertiary/aromatic N) is 3. The largest absolute Gasteiger partial charge is 0.545 e. The van der Waals surface area contributed by atoms with E-state index in [1.54, 1.807) is 18.2 Å². The molecule has 1 fully saturated rings. The van der Waals surface area contributed by atoms with Crippen LogP contribution < -0.4 is 20.2 Å². The highest BCUT2D eigenvalue weighted by Crippen LogP contribution is 2.46. The first-order valence-electron chi connectivity index (χ1n) is 12.8. The van der Waals surface area contributed by atoms with Crippen LogP contribution in [0.4, 0.5) is 22.7 Å². The van der Waals surface area contributed by atoms with Gasteiger partial charge in [0, 0.05) is 48.7 Å². The molecule has 0 unspecified atom stereocenters. The minimum atomic E-state index is -1.27. The summed E-state index contributed by atoms with van der Waals surface area (Å²) in [5.74, 6) is -0.837. The van der Waals surface area contributed by atoms with Crippen molar-refractivity contribution in [1.82, 2.24) is 5.16 Å². The summed E-state index contributed by atoms with van der Waals surface area (Å²) in [6.07, 6.45) is 0. The molecule has 1 N–H and O–H groups in total. The number of nitrogens with one attached hydrogen (secondary N) is 1. The van der Waals surface area contributed by atoms with Crippen molar-refractivity contribution >= 4 is 45.4 Å². The van der Waals surface area contributed by atoms with E-state index in [9.17, 15) is 14.7 Å². The molecule has 39 heavy (non-hydrogen) atoms. The summed E-state index contributed by atoms with van der Waals surface area (Å²) in [4.78, 5) is 29.9. The zero-order chi connectivity index (χ0) is 26.5. The van der Waals surface area contributed by atoms with Crippen LogP contribution in [0.25, 0.3) is 22.2 Å². The molecule has 0 amide bonds. The fourth-order valence-electron chi connectivity index (χ4n) is 5.61. The molecule has 4 aromatic carbocycles. The minimum absolute atomic E-state index is 0.0503. The normalized spacial score (nSPS) is 14.4. The van der Waals surface area contributed by atoms with Gasteiger partial charge in [-0.05, 0) is 35.9 Å². The first kappa shape index (κ1) is 23.0. The predicted octanol–water partition coefficient (Wildman–Crippen LogP) is 4.47. The lowest BCUT2D eigenvalue weighted by molar-refractivity contribution is -0.255. The number of anilines is 4. The van der Waals surface area contributed by atoms with E-state index in [1.807, 2.05) is 42.5 Å². The Balaban J connectivity index is 1.34. The summed E-state index contributed by atoms with van der Waals surface area (Å²) in [6.45, 7) is 3.18. The third-order valence-corrected chi connectivity index (χ3v) is 7.50. The fourth-order valence-corrected chi connectivity index (χ4v) is 5.61. The van der Waals surface area contributed by atoms with E-state index in [2.05, 4.69) is 32.4 Å². The number of rotatable bonds is 5. The first-order chi connectivity index (χ1) is 19.1. The van der Waals surface area contributed by atoms with Crippen molar-refractivity contribution in [3.63, 3.8) is 0 Å². The number of carbonyl (C=O) groups is 2. The van der Waals surface area contributed by atoms with Crippen LogP contribution in [0.3, 0.4) is 0 Å². The third kappa shape index (κ3) is 3.80. The van der Waals surface area contributed by atoms with Crippen molar-refractivity contribution in [2.75, 3.05) is 41.3 Å². The molecule has 1 aromatic heterocycles. The third-order valence-electron chi connectivity index (χ3n) is 7.50. The summed E-state index contributed by atoms with van der Waals surface area (Å²) >= 11 is 0. The van der Waals surface area contributed by atoms with Gasteiger partial charge in [0.15, 0.2) is 11.5 Å². The van der Waals surface area contributed by atoms with Gasteiger partial charge in [-0.25, -0.2) is 0 Å². The van der Waals surface area contributed by atoms with Gasteiger partial charge in [-0.2, -0.15) is 0 Å². The predicted molar refractivity (Wildman–Crippen MR) is 148 cm³/mol. The van der Waals surface area contributed by atoms with Crippen molar-refractivity contribution in [2.24, 2.45) is 0 Å². The fraction of sp³-hybridized carbons (Fsp3) is 0.129. The molecule has 2 aliphatic rings. The molecule has 1 saturated heterocycles. The van der Waals surface area contributed by atoms with E-state index in [0.717, 1.165) is 31.9 Å². The maximum absolute atomic E-state index is 13.8. The average Bonchev–Trinajstić information content (AvgIpc) is 3.42. The van der Waals surface area contributed by atoms with Gasteiger partial charge >= 0.3 is 0 Å². The lowest BCUT2D eigenvalue weighted by atomic mass is 9.86. The van der Waals surface area contributed by atoms with Crippen LogP contribution in [-0.2, 0) is 0 Å². The lowest BCUT2D eigenvalue weighted by Gasteiger charge is -2.37. The molecule has 2 heterocycles. The quantitative estimate of drug-likeness (QED) is 0.359. The van der Waals surface area contributed by atoms with Crippen LogP contribution in [0.1, 0.15) is 26.3 Å². The molecule has 8 nitrogen and oxygen atoms in total. The number of benzene rings is 4. The van der Waals surface area contributed by atoms with Crippen LogP contribution in [-0.4, -0.2) is 43.1 Å². The highest BCUT2D eigenvalue weighted by Gasteiger charge is 2.34. The van der Waals surface area contributed by atoms with E-state index in [1.165, 1.54) is 17.8 Å². The number of carboxylic acid groups (broad SMARTS) is 1. The maximum atomic E-state index is 13.8. The Bertz CT molecular complexity index is 1750. The Kier molecular flexibility index (Phi) is 5.33. The highest BCUT2D eigenvalue weighted by molar-refractivity contribution is 6.28. The molecular weight excluding hydrogens is 492 g/mol. The standard InChI is InChI=1S/C31H24N4O4/c36-29-22-11-4-5-12-23(22)30-27-26(29)24(32-20-8-6-7-19(17-20)31(37)38)18-25(28(27)33-39-30)35-15-13-34(14-16-35)21-9-2-1-3-10-21/h1-12,17-18,32H,13-16H2,(H,37,38)/p-1. The Morgan fingerprint density at radius 3 is 2.33 bits per heavy atom. The number of hydrogen-bond donors (Lipinski definition) is 1. The summed E-state index contributed by atoms with van der Waals surface area (Å²) in [5.41, 5.74) is 5.58. The molecule has 1 aliphatic carbocycles. The number of carbonyl (C=O) groups excluding carboxylic acids is 2. The smallest absolute Gasteiger partial charge is 0.196 e. The molecule has 0 radical (unpaired) electrons. The van der Waals surface area contributed by atoms with E-state index in [-0.39, 0.29) is 11.3 Å². The molecule has 192 valence electrons. The second-order valence-electron chi connectivity index (χ2n) is 9.73. The van der Waals surface area contributed by atoms with Crippen LogP contribution in [0.5, 0.6) is 0 Å². The number of piperazine rings is 1. The monoisotopic (exact) mass is 515 g/mol. The van der Waals surface area contributed by atoms with Gasteiger partial charge in [0.1, 0.15) is 5.52 Å². The number of aromatic nitrogens is 1. The molecule has 0 spiro atoms. The second kappa shape index (κ2) is 9.02. The van der Waals surface area contributed by atoms with Crippen molar-refractivity contribution in [3.8, 4) is 11.3 Å². The molecular formula is C31H23N4O4-. The Morgan fingerprint density at radius 1 is 0.846 bits per heavy atom. The summed E-state index contributed by atoms with van der Waals surface area (Å²) < 4.78 is 5.90. The van der Waals surface area contributed by atoms with Gasteiger partial charge in [-0.1, -0.05) is 59.8 Å². The van der Waals surface area contributed by atoms with Crippen LogP contribution >= 0.6 is 0 Å². The summed E-state index contributed by atoms with van der Waals surface area (Å²) in [5, 5.41) is 19.9. The maximum Gasteiger partial charge on any atom is 0.196 e. The van der Waals surface area contributed by atoms with Crippen molar-refractivity contribution < 1.29 is 19.2 Å². The van der Waals surface area contributed by atoms with Gasteiger partial charge in [0.25, 0.3) is 0 Å². The zero-order valence-electron chi connectivity index (χ0n) is 20.9. The SMILES string of the molecule is O=C([O-])c1cccc(Nc2cc(N3CCN(c4ccccc4)CC3)c3noc4c3c2C(=O)c2ccccc2-4)c1. The van der Waals surface area contributed by atoms with Crippen molar-refractivity contribution in [2.45, 2.75) is 0 Å². The number of para-hydroxylation sites is 1. The molecule has 7 rings (SSSR count). The van der Waals surface area contributed by atoms with Crippen LogP contribution in [0, 0.1) is 0 Å². The van der Waals surface area contributed by atoms with Gasteiger partial charge < -0.3 is 29.5 Å². The summed E-state index contributed by atoms with van der Waals surface area (Å²) in [6, 6.07) is 26.0. The van der Waals surface area contributed by atoms with Crippen molar-refractivity contribution in [3.05, 3.63) is 102 Å². The van der Waals surface area contributed by atoms with Crippen molar-refractivity contribution in [1.29, 1.82) is 0 Å². The van der Waals surface area contributed by atoms with Gasteiger partial charge in [0.2, 0.25) is 0 Å². The molecule has 5 aromatic rings. The molecule has 1 aliphatic heterocycles. The number of hydrogen-bond acceptors (Lipinski definition) is 8. The average molecular weight is 516 g/mol. The molecule has 8 heteroatoms. The van der Waals surface area contributed by atoms with Crippen LogP contribution in [0.2, 0.25) is 0 Å². The number of carboxylic acids is 1. The van der Waals surface area contributed by atoms with E-state index < -0.39 is 5.97 Å². The number of ketones is 1. The van der Waals surface area contributed by atoms with Gasteiger partial charge in [-0.3, -0.25) is 4.79 Å². The Labute approximate surface area is 224 Å². The van der Waals surface area contributed by atoms with E-state index in [0.29, 0.717) is 44.7 Å². The topological polar surface area (TPSA) is 102 Å².